The highest BCUT2D eigenvalue weighted by atomic mass is 35.5. The molecule has 1 aromatic carbocycles. The average molecular weight is 472 g/mol. The van der Waals surface area contributed by atoms with Crippen molar-refractivity contribution in [1.82, 2.24) is 14.8 Å². The molecule has 8 nitrogen and oxygen atoms in total. The standard InChI is InChI=1S/C24H30ClN5O3/c1-28(2)23(31)18-7-6-16(13-19(18)25)17-14-20(26)22(27-15-17)29-8-10-30(11-9-29)24(32)21-5-3-4-12-33-21/h6-7,13-15,21H,3-5,8-12,26H2,1-2H3. The number of piperazine rings is 1. The molecule has 2 aliphatic rings. The molecule has 4 rings (SSSR count). The van der Waals surface area contributed by atoms with Gasteiger partial charge in [0, 0.05) is 58.6 Å². The zero-order valence-electron chi connectivity index (χ0n) is 19.1. The lowest BCUT2D eigenvalue weighted by molar-refractivity contribution is -0.146. The number of hydrogen-bond acceptors (Lipinski definition) is 6. The number of pyridine rings is 1. The van der Waals surface area contributed by atoms with Crippen molar-refractivity contribution >= 4 is 34.9 Å². The lowest BCUT2D eigenvalue weighted by Crippen LogP contribution is -2.52. The van der Waals surface area contributed by atoms with Gasteiger partial charge >= 0.3 is 0 Å². The van der Waals surface area contributed by atoms with Gasteiger partial charge in [-0.1, -0.05) is 17.7 Å². The number of nitrogens with zero attached hydrogens (tertiary/aromatic N) is 4. The van der Waals surface area contributed by atoms with Crippen molar-refractivity contribution in [3.05, 3.63) is 41.0 Å². The van der Waals surface area contributed by atoms with Gasteiger partial charge in [0.05, 0.1) is 16.3 Å². The van der Waals surface area contributed by atoms with E-state index in [9.17, 15) is 9.59 Å². The maximum atomic E-state index is 12.7. The van der Waals surface area contributed by atoms with Gasteiger partial charge in [-0.05, 0) is 43.0 Å². The quantitative estimate of drug-likeness (QED) is 0.737. The van der Waals surface area contributed by atoms with Crippen molar-refractivity contribution in [2.24, 2.45) is 0 Å². The third-order valence-corrected chi connectivity index (χ3v) is 6.49. The summed E-state index contributed by atoms with van der Waals surface area (Å²) in [6.45, 7) is 3.25. The Morgan fingerprint density at radius 1 is 1.12 bits per heavy atom. The Hall–Kier alpha value is -2.84. The smallest absolute Gasteiger partial charge is 0.254 e. The molecular weight excluding hydrogens is 442 g/mol. The second-order valence-electron chi connectivity index (χ2n) is 8.70. The molecule has 1 unspecified atom stereocenters. The second kappa shape index (κ2) is 9.97. The third-order valence-electron chi connectivity index (χ3n) is 6.18. The summed E-state index contributed by atoms with van der Waals surface area (Å²) in [6, 6.07) is 7.19. The van der Waals surface area contributed by atoms with Gasteiger partial charge in [-0.15, -0.1) is 0 Å². The van der Waals surface area contributed by atoms with E-state index >= 15 is 0 Å². The van der Waals surface area contributed by atoms with Gasteiger partial charge in [0.1, 0.15) is 6.10 Å². The first-order chi connectivity index (χ1) is 15.8. The normalized spacial score (nSPS) is 18.8. The third kappa shape index (κ3) is 5.07. The highest BCUT2D eigenvalue weighted by Gasteiger charge is 2.30. The fourth-order valence-corrected chi connectivity index (χ4v) is 4.54. The van der Waals surface area contributed by atoms with Crippen LogP contribution in [0.15, 0.2) is 30.5 Å². The number of rotatable bonds is 4. The molecule has 1 atom stereocenters. The van der Waals surface area contributed by atoms with Crippen LogP contribution in [0.25, 0.3) is 11.1 Å². The summed E-state index contributed by atoms with van der Waals surface area (Å²) < 4.78 is 5.65. The molecule has 2 N–H and O–H groups in total. The lowest BCUT2D eigenvalue weighted by Gasteiger charge is -2.37. The van der Waals surface area contributed by atoms with Gasteiger partial charge in [-0.25, -0.2) is 4.98 Å². The van der Waals surface area contributed by atoms with E-state index in [2.05, 4.69) is 9.88 Å². The first-order valence-corrected chi connectivity index (χ1v) is 11.7. The number of aromatic nitrogens is 1. The molecule has 33 heavy (non-hydrogen) atoms. The molecule has 2 fully saturated rings. The highest BCUT2D eigenvalue weighted by Crippen LogP contribution is 2.30. The van der Waals surface area contributed by atoms with E-state index < -0.39 is 0 Å². The Bertz CT molecular complexity index is 1030. The number of anilines is 2. The van der Waals surface area contributed by atoms with Gasteiger partial charge in [0.2, 0.25) is 0 Å². The summed E-state index contributed by atoms with van der Waals surface area (Å²) in [4.78, 5) is 35.0. The van der Waals surface area contributed by atoms with E-state index in [4.69, 9.17) is 22.1 Å². The van der Waals surface area contributed by atoms with Crippen LogP contribution in [0.4, 0.5) is 11.5 Å². The predicted octanol–water partition coefficient (Wildman–Crippen LogP) is 2.90. The van der Waals surface area contributed by atoms with Crippen molar-refractivity contribution in [2.75, 3.05) is 57.5 Å². The zero-order chi connectivity index (χ0) is 23.5. The van der Waals surface area contributed by atoms with Crippen LogP contribution in [0.3, 0.4) is 0 Å². The molecule has 2 aliphatic heterocycles. The molecular formula is C24H30ClN5O3. The van der Waals surface area contributed by atoms with Crippen LogP contribution in [0.2, 0.25) is 5.02 Å². The van der Waals surface area contributed by atoms with E-state index in [1.165, 1.54) is 4.90 Å². The molecule has 2 saturated heterocycles. The number of nitrogens with two attached hydrogens (primary N) is 1. The SMILES string of the molecule is CN(C)C(=O)c1ccc(-c2cnc(N3CCN(C(=O)C4CCCCO4)CC3)c(N)c2)cc1Cl. The molecule has 2 amide bonds. The maximum absolute atomic E-state index is 12.7. The fraction of sp³-hybridized carbons (Fsp3) is 0.458. The summed E-state index contributed by atoms with van der Waals surface area (Å²) in [7, 11) is 3.38. The minimum atomic E-state index is -0.293. The Morgan fingerprint density at radius 3 is 2.48 bits per heavy atom. The number of hydrogen-bond donors (Lipinski definition) is 1. The fourth-order valence-electron chi connectivity index (χ4n) is 4.28. The molecule has 1 aromatic heterocycles. The van der Waals surface area contributed by atoms with E-state index in [0.717, 1.165) is 30.4 Å². The van der Waals surface area contributed by atoms with Crippen molar-refractivity contribution in [2.45, 2.75) is 25.4 Å². The number of carbonyl (C=O) groups excluding carboxylic acids is 2. The highest BCUT2D eigenvalue weighted by molar-refractivity contribution is 6.34. The van der Waals surface area contributed by atoms with Crippen LogP contribution in [0.1, 0.15) is 29.6 Å². The number of amides is 2. The minimum Gasteiger partial charge on any atom is -0.396 e. The topological polar surface area (TPSA) is 92.0 Å². The average Bonchev–Trinajstić information content (AvgIpc) is 2.83. The summed E-state index contributed by atoms with van der Waals surface area (Å²) in [5.41, 5.74) is 9.03. The van der Waals surface area contributed by atoms with Crippen molar-refractivity contribution < 1.29 is 14.3 Å². The summed E-state index contributed by atoms with van der Waals surface area (Å²) in [5.74, 6) is 0.663. The number of halogens is 1. The van der Waals surface area contributed by atoms with Crippen molar-refractivity contribution in [3.8, 4) is 11.1 Å². The first kappa shape index (κ1) is 23.3. The zero-order valence-corrected chi connectivity index (χ0v) is 19.8. The Kier molecular flexibility index (Phi) is 7.05. The lowest BCUT2D eigenvalue weighted by atomic mass is 10.0. The van der Waals surface area contributed by atoms with Crippen LogP contribution < -0.4 is 10.6 Å². The van der Waals surface area contributed by atoms with Gasteiger partial charge in [0.15, 0.2) is 5.82 Å². The van der Waals surface area contributed by atoms with E-state index in [0.29, 0.717) is 54.9 Å². The summed E-state index contributed by atoms with van der Waals surface area (Å²) >= 11 is 6.36. The Balaban J connectivity index is 1.43. The van der Waals surface area contributed by atoms with Crippen molar-refractivity contribution in [3.63, 3.8) is 0 Å². The molecule has 0 aliphatic carbocycles. The monoisotopic (exact) mass is 471 g/mol. The maximum Gasteiger partial charge on any atom is 0.254 e. The van der Waals surface area contributed by atoms with Crippen LogP contribution in [-0.4, -0.2) is 79.6 Å². The van der Waals surface area contributed by atoms with Gasteiger partial charge in [-0.3, -0.25) is 9.59 Å². The Morgan fingerprint density at radius 2 is 1.88 bits per heavy atom. The molecule has 176 valence electrons. The number of nitrogen functional groups attached to an aromatic ring is 1. The van der Waals surface area contributed by atoms with Crippen LogP contribution >= 0.6 is 11.6 Å². The summed E-state index contributed by atoms with van der Waals surface area (Å²) in [5, 5.41) is 0.386. The van der Waals surface area contributed by atoms with Crippen molar-refractivity contribution in [1.29, 1.82) is 0 Å². The molecule has 0 radical (unpaired) electrons. The molecule has 3 heterocycles. The van der Waals surface area contributed by atoms with Gasteiger partial charge in [-0.2, -0.15) is 0 Å². The molecule has 2 aromatic rings. The van der Waals surface area contributed by atoms with E-state index in [1.54, 1.807) is 32.4 Å². The van der Waals surface area contributed by atoms with E-state index in [1.807, 2.05) is 17.0 Å². The van der Waals surface area contributed by atoms with Gasteiger partial charge in [0.25, 0.3) is 11.8 Å². The number of carbonyl (C=O) groups is 2. The second-order valence-corrected chi connectivity index (χ2v) is 9.11. The van der Waals surface area contributed by atoms with Crippen LogP contribution in [-0.2, 0) is 9.53 Å². The summed E-state index contributed by atoms with van der Waals surface area (Å²) in [6.07, 6.45) is 4.35. The molecule has 0 spiro atoms. The molecule has 9 heteroatoms. The first-order valence-electron chi connectivity index (χ1n) is 11.3. The molecule has 0 bridgehead atoms. The van der Waals surface area contributed by atoms with Crippen LogP contribution in [0.5, 0.6) is 0 Å². The molecule has 0 saturated carbocycles. The van der Waals surface area contributed by atoms with E-state index in [-0.39, 0.29) is 17.9 Å². The predicted molar refractivity (Wildman–Crippen MR) is 129 cm³/mol. The minimum absolute atomic E-state index is 0.0960. The van der Waals surface area contributed by atoms with Gasteiger partial charge < -0.3 is 25.2 Å². The number of ether oxygens (including phenoxy) is 1. The Labute approximate surface area is 199 Å². The van der Waals surface area contributed by atoms with Crippen LogP contribution in [0, 0.1) is 0 Å². The largest absolute Gasteiger partial charge is 0.396 e. The number of benzene rings is 1.